The number of hydrogen-bond acceptors (Lipinski definition) is 3. The molecule has 142 valence electrons. The quantitative estimate of drug-likeness (QED) is 0.726. The number of nitrogens with zero attached hydrogens (tertiary/aromatic N) is 2. The molecule has 2 aromatic rings. The van der Waals surface area contributed by atoms with Crippen LogP contribution < -0.4 is 4.90 Å². The van der Waals surface area contributed by atoms with Crippen LogP contribution in [0.3, 0.4) is 0 Å². The summed E-state index contributed by atoms with van der Waals surface area (Å²) in [5.74, 6) is -0.772. The number of rotatable bonds is 5. The molecule has 0 saturated carbocycles. The van der Waals surface area contributed by atoms with Crippen molar-refractivity contribution in [3.8, 4) is 0 Å². The average molecular weight is 386 g/mol. The predicted octanol–water partition coefficient (Wildman–Crippen LogP) is 4.12. The summed E-state index contributed by atoms with van der Waals surface area (Å²) in [6, 6.07) is 13.8. The van der Waals surface area contributed by atoms with Gasteiger partial charge in [0, 0.05) is 30.6 Å². The standard InChI is InChI=1S/C21H23FN2O2S/c1-14(15-4-6-17(22)7-5-15)23(2)21(26)16-12-20(25)24(13-16)18-8-10-19(27-3)11-9-18/h4-11,14,16H,12-13H2,1-3H3. The fraction of sp³-hybridized carbons (Fsp3) is 0.333. The molecule has 0 aromatic heterocycles. The van der Waals surface area contributed by atoms with Crippen LogP contribution in [0.5, 0.6) is 0 Å². The van der Waals surface area contributed by atoms with Gasteiger partial charge in [0.15, 0.2) is 0 Å². The van der Waals surface area contributed by atoms with Crippen LogP contribution in [0.25, 0.3) is 0 Å². The van der Waals surface area contributed by atoms with E-state index in [1.807, 2.05) is 37.4 Å². The van der Waals surface area contributed by atoms with Crippen LogP contribution in [0.1, 0.15) is 24.9 Å². The van der Waals surface area contributed by atoms with Crippen LogP contribution in [-0.2, 0) is 9.59 Å². The molecule has 6 heteroatoms. The Balaban J connectivity index is 1.69. The van der Waals surface area contributed by atoms with Crippen LogP contribution in [-0.4, -0.2) is 36.6 Å². The molecule has 0 N–H and O–H groups in total. The third-order valence-corrected chi connectivity index (χ3v) is 5.88. The lowest BCUT2D eigenvalue weighted by molar-refractivity contribution is -0.136. The summed E-state index contributed by atoms with van der Waals surface area (Å²) < 4.78 is 13.1. The van der Waals surface area contributed by atoms with Gasteiger partial charge in [-0.3, -0.25) is 9.59 Å². The number of carbonyl (C=O) groups is 2. The second kappa shape index (κ2) is 8.13. The summed E-state index contributed by atoms with van der Waals surface area (Å²) in [7, 11) is 1.73. The van der Waals surface area contributed by atoms with E-state index in [0.29, 0.717) is 6.54 Å². The molecule has 2 atom stereocenters. The molecule has 0 aliphatic carbocycles. The summed E-state index contributed by atoms with van der Waals surface area (Å²) in [6.45, 7) is 2.29. The molecule has 0 radical (unpaired) electrons. The van der Waals surface area contributed by atoms with Gasteiger partial charge in [-0.2, -0.15) is 0 Å². The van der Waals surface area contributed by atoms with Crippen molar-refractivity contribution in [2.75, 3.05) is 24.7 Å². The first-order chi connectivity index (χ1) is 12.9. The number of hydrogen-bond donors (Lipinski definition) is 0. The number of halogens is 1. The van der Waals surface area contributed by atoms with Crippen molar-refractivity contribution >= 4 is 29.3 Å². The van der Waals surface area contributed by atoms with E-state index in [0.717, 1.165) is 16.1 Å². The van der Waals surface area contributed by atoms with Crippen molar-refractivity contribution in [1.82, 2.24) is 4.90 Å². The van der Waals surface area contributed by atoms with Crippen molar-refractivity contribution in [2.45, 2.75) is 24.3 Å². The van der Waals surface area contributed by atoms with E-state index in [2.05, 4.69) is 0 Å². The molecule has 1 aliphatic heterocycles. The van der Waals surface area contributed by atoms with Crippen LogP contribution in [0, 0.1) is 11.7 Å². The zero-order chi connectivity index (χ0) is 19.6. The molecule has 27 heavy (non-hydrogen) atoms. The largest absolute Gasteiger partial charge is 0.339 e. The first-order valence-corrected chi connectivity index (χ1v) is 10.1. The van der Waals surface area contributed by atoms with Crippen LogP contribution in [0.4, 0.5) is 10.1 Å². The maximum absolute atomic E-state index is 13.1. The summed E-state index contributed by atoms with van der Waals surface area (Å²) in [4.78, 5) is 29.8. The molecule has 1 saturated heterocycles. The van der Waals surface area contributed by atoms with Crippen molar-refractivity contribution in [1.29, 1.82) is 0 Å². The number of thioether (sulfide) groups is 1. The molecule has 4 nitrogen and oxygen atoms in total. The van der Waals surface area contributed by atoms with Gasteiger partial charge in [-0.25, -0.2) is 4.39 Å². The highest BCUT2D eigenvalue weighted by Crippen LogP contribution is 2.29. The second-order valence-corrected chi connectivity index (χ2v) is 7.66. The van der Waals surface area contributed by atoms with Gasteiger partial charge in [-0.15, -0.1) is 11.8 Å². The first-order valence-electron chi connectivity index (χ1n) is 8.87. The molecular weight excluding hydrogens is 363 g/mol. The monoisotopic (exact) mass is 386 g/mol. The Hall–Kier alpha value is -2.34. The molecule has 0 spiro atoms. The Morgan fingerprint density at radius 3 is 2.41 bits per heavy atom. The van der Waals surface area contributed by atoms with Gasteiger partial charge in [-0.05, 0) is 55.1 Å². The van der Waals surface area contributed by atoms with Gasteiger partial charge in [0.2, 0.25) is 11.8 Å². The minimum atomic E-state index is -0.370. The number of anilines is 1. The van der Waals surface area contributed by atoms with Gasteiger partial charge < -0.3 is 9.80 Å². The zero-order valence-corrected chi connectivity index (χ0v) is 16.5. The second-order valence-electron chi connectivity index (χ2n) is 6.78. The third-order valence-electron chi connectivity index (χ3n) is 5.14. The Morgan fingerprint density at radius 2 is 1.81 bits per heavy atom. The summed E-state index contributed by atoms with van der Waals surface area (Å²) in [6.07, 6.45) is 2.21. The van der Waals surface area contributed by atoms with Crippen molar-refractivity contribution < 1.29 is 14.0 Å². The number of amides is 2. The zero-order valence-electron chi connectivity index (χ0n) is 15.7. The Labute approximate surface area is 163 Å². The van der Waals surface area contributed by atoms with Gasteiger partial charge >= 0.3 is 0 Å². The van der Waals surface area contributed by atoms with E-state index in [-0.39, 0.29) is 36.0 Å². The predicted molar refractivity (Wildman–Crippen MR) is 106 cm³/mol. The first kappa shape index (κ1) is 19.4. The Morgan fingerprint density at radius 1 is 1.19 bits per heavy atom. The summed E-state index contributed by atoms with van der Waals surface area (Å²) >= 11 is 1.64. The number of carbonyl (C=O) groups excluding carboxylic acids is 2. The molecule has 0 bridgehead atoms. The maximum atomic E-state index is 13.1. The fourth-order valence-corrected chi connectivity index (χ4v) is 3.74. The van der Waals surface area contributed by atoms with E-state index in [4.69, 9.17) is 0 Å². The Bertz CT molecular complexity index is 823. The van der Waals surface area contributed by atoms with Gasteiger partial charge in [0.1, 0.15) is 5.82 Å². The van der Waals surface area contributed by atoms with Crippen molar-refractivity contribution in [3.63, 3.8) is 0 Å². The van der Waals surface area contributed by atoms with Crippen LogP contribution in [0.2, 0.25) is 0 Å². The molecule has 1 fully saturated rings. The topological polar surface area (TPSA) is 40.6 Å². The van der Waals surface area contributed by atoms with Crippen LogP contribution >= 0.6 is 11.8 Å². The normalized spacial score (nSPS) is 17.9. The highest BCUT2D eigenvalue weighted by molar-refractivity contribution is 7.98. The highest BCUT2D eigenvalue weighted by atomic mass is 32.2. The maximum Gasteiger partial charge on any atom is 0.228 e. The fourth-order valence-electron chi connectivity index (χ4n) is 3.33. The number of benzene rings is 2. The SMILES string of the molecule is CSc1ccc(N2CC(C(=O)N(C)C(C)c3ccc(F)cc3)CC2=O)cc1. The smallest absolute Gasteiger partial charge is 0.228 e. The highest BCUT2D eigenvalue weighted by Gasteiger charge is 2.37. The third kappa shape index (κ3) is 4.16. The lowest BCUT2D eigenvalue weighted by Gasteiger charge is -2.28. The van der Waals surface area contributed by atoms with E-state index in [1.54, 1.807) is 40.7 Å². The molecule has 2 aromatic carbocycles. The van der Waals surface area contributed by atoms with Crippen molar-refractivity contribution in [3.05, 3.63) is 59.9 Å². The minimum Gasteiger partial charge on any atom is -0.339 e. The molecular formula is C21H23FN2O2S. The lowest BCUT2D eigenvalue weighted by atomic mass is 10.0. The van der Waals surface area contributed by atoms with E-state index >= 15 is 0 Å². The van der Waals surface area contributed by atoms with Gasteiger partial charge in [0.25, 0.3) is 0 Å². The molecule has 1 heterocycles. The van der Waals surface area contributed by atoms with Gasteiger partial charge in [-0.1, -0.05) is 12.1 Å². The van der Waals surface area contributed by atoms with Crippen molar-refractivity contribution in [2.24, 2.45) is 5.92 Å². The average Bonchev–Trinajstić information content (AvgIpc) is 3.08. The van der Waals surface area contributed by atoms with E-state index in [9.17, 15) is 14.0 Å². The molecule has 2 amide bonds. The summed E-state index contributed by atoms with van der Waals surface area (Å²) in [5, 5.41) is 0. The van der Waals surface area contributed by atoms with E-state index < -0.39 is 0 Å². The molecule has 1 aliphatic rings. The lowest BCUT2D eigenvalue weighted by Crippen LogP contribution is -2.36. The minimum absolute atomic E-state index is 0.0342. The summed E-state index contributed by atoms with van der Waals surface area (Å²) in [5.41, 5.74) is 1.68. The molecule has 2 unspecified atom stereocenters. The van der Waals surface area contributed by atoms with Gasteiger partial charge in [0.05, 0.1) is 12.0 Å². The van der Waals surface area contributed by atoms with Crippen LogP contribution in [0.15, 0.2) is 53.4 Å². The molecule has 3 rings (SSSR count). The Kier molecular flexibility index (Phi) is 5.85. The van der Waals surface area contributed by atoms with E-state index in [1.165, 1.54) is 12.1 Å².